The monoisotopic (exact) mass is 288 g/mol. The van der Waals surface area contributed by atoms with Gasteiger partial charge in [0.15, 0.2) is 0 Å². The normalized spacial score (nSPS) is 10.9. The van der Waals surface area contributed by atoms with Crippen LogP contribution in [0.15, 0.2) is 12.2 Å². The molecule has 0 saturated heterocycles. The fraction of sp³-hybridized carbons (Fsp3) is 0.842. The van der Waals surface area contributed by atoms with Crippen molar-refractivity contribution in [1.29, 1.82) is 0 Å². The topological polar surface area (TPSA) is 0 Å². The smallest absolute Gasteiger partial charge is 0.343 e. The Hall–Kier alpha value is 0.740. The van der Waals surface area contributed by atoms with Gasteiger partial charge in [0.25, 0.3) is 0 Å². The predicted molar refractivity (Wildman–Crippen MR) is 89.4 cm³/mol. The SMILES string of the molecule is [CH2-]CCCCCCCC/C=C\CCCCCCCC.[Na+]. The Balaban J connectivity index is 0. The van der Waals surface area contributed by atoms with Gasteiger partial charge in [0, 0.05) is 0 Å². The van der Waals surface area contributed by atoms with Gasteiger partial charge in [0.1, 0.15) is 0 Å². The number of hydrogen-bond acceptors (Lipinski definition) is 0. The molecule has 0 radical (unpaired) electrons. The van der Waals surface area contributed by atoms with E-state index in [1.807, 2.05) is 0 Å². The molecule has 0 spiro atoms. The summed E-state index contributed by atoms with van der Waals surface area (Å²) in [4.78, 5) is 0. The Labute approximate surface area is 151 Å². The Morgan fingerprint density at radius 2 is 1.00 bits per heavy atom. The first-order valence-electron chi connectivity index (χ1n) is 8.86. The van der Waals surface area contributed by atoms with E-state index < -0.39 is 0 Å². The van der Waals surface area contributed by atoms with E-state index in [9.17, 15) is 0 Å². The van der Waals surface area contributed by atoms with E-state index in [-0.39, 0.29) is 29.6 Å². The largest absolute Gasteiger partial charge is 1.00 e. The van der Waals surface area contributed by atoms with Crippen molar-refractivity contribution < 1.29 is 29.6 Å². The maximum Gasteiger partial charge on any atom is 1.00 e. The summed E-state index contributed by atoms with van der Waals surface area (Å²) in [7, 11) is 0. The van der Waals surface area contributed by atoms with Gasteiger partial charge in [-0.25, -0.2) is 0 Å². The summed E-state index contributed by atoms with van der Waals surface area (Å²) in [5.74, 6) is 0. The first-order chi connectivity index (χ1) is 9.41. The average Bonchev–Trinajstić information content (AvgIpc) is 2.43. The van der Waals surface area contributed by atoms with E-state index in [1.165, 1.54) is 89.9 Å². The minimum absolute atomic E-state index is 0. The standard InChI is InChI=1S/C19H37.Na/c1-3-5-7-9-11-13-15-17-19-18-16-14-12-10-8-6-4-2;/h18-19H,1,3-17H2,2H3;/q-1;+1/b19-18-;. The summed E-state index contributed by atoms with van der Waals surface area (Å²) in [6.07, 6.45) is 25.3. The minimum Gasteiger partial charge on any atom is -0.343 e. The Kier molecular flexibility index (Phi) is 25.3. The average molecular weight is 288 g/mol. The first-order valence-corrected chi connectivity index (χ1v) is 8.86. The van der Waals surface area contributed by atoms with E-state index in [1.54, 1.807) is 0 Å². The van der Waals surface area contributed by atoms with Crippen LogP contribution in [-0.4, -0.2) is 0 Å². The number of unbranched alkanes of at least 4 members (excludes halogenated alkanes) is 13. The second-order valence-electron chi connectivity index (χ2n) is 5.79. The third-order valence-corrected chi connectivity index (χ3v) is 3.76. The van der Waals surface area contributed by atoms with E-state index >= 15 is 0 Å². The number of allylic oxidation sites excluding steroid dienone is 2. The molecule has 0 aromatic carbocycles. The summed E-state index contributed by atoms with van der Waals surface area (Å²) in [5.41, 5.74) is 0. The fourth-order valence-electron chi connectivity index (χ4n) is 2.42. The van der Waals surface area contributed by atoms with Crippen molar-refractivity contribution in [2.75, 3.05) is 0 Å². The van der Waals surface area contributed by atoms with Crippen LogP contribution >= 0.6 is 0 Å². The molecule has 0 aliphatic heterocycles. The van der Waals surface area contributed by atoms with Crippen molar-refractivity contribution in [2.45, 2.75) is 103 Å². The van der Waals surface area contributed by atoms with Gasteiger partial charge in [-0.15, -0.1) is 0 Å². The molecule has 0 nitrogen and oxygen atoms in total. The quantitative estimate of drug-likeness (QED) is 0.183. The molecule has 0 saturated carbocycles. The summed E-state index contributed by atoms with van der Waals surface area (Å²) >= 11 is 0. The molecule has 0 aliphatic carbocycles. The molecule has 0 bridgehead atoms. The molecule has 0 atom stereocenters. The molecular formula is C19H37Na. The van der Waals surface area contributed by atoms with E-state index in [4.69, 9.17) is 0 Å². The summed E-state index contributed by atoms with van der Waals surface area (Å²) in [6.45, 7) is 6.16. The number of rotatable bonds is 15. The summed E-state index contributed by atoms with van der Waals surface area (Å²) < 4.78 is 0. The molecule has 0 aromatic rings. The maximum absolute atomic E-state index is 3.88. The maximum atomic E-state index is 3.88. The van der Waals surface area contributed by atoms with Crippen molar-refractivity contribution in [1.82, 2.24) is 0 Å². The van der Waals surface area contributed by atoms with E-state index in [0.29, 0.717) is 0 Å². The van der Waals surface area contributed by atoms with Gasteiger partial charge in [0.2, 0.25) is 0 Å². The molecule has 114 valence electrons. The van der Waals surface area contributed by atoms with Crippen molar-refractivity contribution in [2.24, 2.45) is 0 Å². The molecule has 0 rings (SSSR count). The van der Waals surface area contributed by atoms with Gasteiger partial charge in [-0.3, -0.25) is 0 Å². The van der Waals surface area contributed by atoms with Crippen LogP contribution in [0.1, 0.15) is 103 Å². The minimum atomic E-state index is 0. The van der Waals surface area contributed by atoms with Crippen molar-refractivity contribution in [3.8, 4) is 0 Å². The predicted octanol–water partition coefficient (Wildman–Crippen LogP) is 4.25. The van der Waals surface area contributed by atoms with Gasteiger partial charge in [-0.2, -0.15) is 6.42 Å². The van der Waals surface area contributed by atoms with Crippen LogP contribution < -0.4 is 29.6 Å². The third-order valence-electron chi connectivity index (χ3n) is 3.76. The van der Waals surface area contributed by atoms with Gasteiger partial charge in [-0.1, -0.05) is 83.3 Å². The molecule has 20 heavy (non-hydrogen) atoms. The second-order valence-corrected chi connectivity index (χ2v) is 5.79. The molecule has 0 heterocycles. The number of hydrogen-bond donors (Lipinski definition) is 0. The molecule has 0 aliphatic rings. The third kappa shape index (κ3) is 21.0. The van der Waals surface area contributed by atoms with Crippen molar-refractivity contribution >= 4 is 0 Å². The van der Waals surface area contributed by atoms with Gasteiger partial charge in [-0.05, 0) is 25.7 Å². The van der Waals surface area contributed by atoms with Crippen LogP contribution in [0.5, 0.6) is 0 Å². The zero-order valence-electron chi connectivity index (χ0n) is 14.5. The van der Waals surface area contributed by atoms with E-state index in [2.05, 4.69) is 26.0 Å². The molecule has 0 aromatic heterocycles. The second kappa shape index (κ2) is 22.0. The van der Waals surface area contributed by atoms with Crippen LogP contribution in [0.25, 0.3) is 0 Å². The van der Waals surface area contributed by atoms with Crippen LogP contribution in [0.4, 0.5) is 0 Å². The molecule has 0 fully saturated rings. The van der Waals surface area contributed by atoms with Gasteiger partial charge < -0.3 is 6.92 Å². The summed E-state index contributed by atoms with van der Waals surface area (Å²) in [5, 5.41) is 0. The summed E-state index contributed by atoms with van der Waals surface area (Å²) in [6, 6.07) is 0. The molecule has 0 unspecified atom stereocenters. The molecule has 0 amide bonds. The van der Waals surface area contributed by atoms with Crippen LogP contribution in [0.2, 0.25) is 0 Å². The van der Waals surface area contributed by atoms with Crippen LogP contribution in [0, 0.1) is 6.92 Å². The molecular weight excluding hydrogens is 251 g/mol. The van der Waals surface area contributed by atoms with Gasteiger partial charge in [0.05, 0.1) is 0 Å². The first kappa shape index (κ1) is 23.0. The van der Waals surface area contributed by atoms with Crippen molar-refractivity contribution in [3.05, 3.63) is 19.1 Å². The van der Waals surface area contributed by atoms with E-state index in [0.717, 1.165) is 6.42 Å². The fourth-order valence-corrected chi connectivity index (χ4v) is 2.42. The van der Waals surface area contributed by atoms with Crippen molar-refractivity contribution in [3.63, 3.8) is 0 Å². The van der Waals surface area contributed by atoms with Crippen LogP contribution in [0.3, 0.4) is 0 Å². The zero-order chi connectivity index (χ0) is 14.0. The Morgan fingerprint density at radius 1 is 0.600 bits per heavy atom. The molecule has 1 heteroatoms. The Bertz CT molecular complexity index is 175. The Morgan fingerprint density at radius 3 is 1.45 bits per heavy atom. The zero-order valence-corrected chi connectivity index (χ0v) is 16.5. The molecule has 0 N–H and O–H groups in total. The van der Waals surface area contributed by atoms with Gasteiger partial charge >= 0.3 is 29.6 Å². The van der Waals surface area contributed by atoms with Crippen LogP contribution in [-0.2, 0) is 0 Å².